The zero-order valence-corrected chi connectivity index (χ0v) is 13.3. The normalized spacial score (nSPS) is 19.7. The van der Waals surface area contributed by atoms with Gasteiger partial charge in [0.2, 0.25) is 0 Å². The molecule has 1 aromatic heterocycles. The SMILES string of the molecule is O=C1N=C(N2CCCC2)SC1=Cc1cn[nH]c1-c1ccccc1. The first-order chi connectivity index (χ1) is 11.3. The molecule has 3 heterocycles. The number of carbonyl (C=O) groups is 1. The molecule has 1 amide bonds. The molecule has 1 fully saturated rings. The molecular weight excluding hydrogens is 308 g/mol. The summed E-state index contributed by atoms with van der Waals surface area (Å²) in [6.45, 7) is 1.99. The Morgan fingerprint density at radius 2 is 1.96 bits per heavy atom. The number of nitrogens with one attached hydrogen (secondary N) is 1. The molecule has 2 aliphatic rings. The number of carbonyl (C=O) groups excluding carboxylic acids is 1. The number of H-pyrrole nitrogens is 1. The summed E-state index contributed by atoms with van der Waals surface area (Å²) < 4.78 is 0. The molecule has 1 N–H and O–H groups in total. The van der Waals surface area contributed by atoms with Gasteiger partial charge in [-0.3, -0.25) is 9.89 Å². The molecule has 116 valence electrons. The van der Waals surface area contributed by atoms with Crippen LogP contribution in [0.2, 0.25) is 0 Å². The van der Waals surface area contributed by atoms with Crippen LogP contribution in [0.1, 0.15) is 18.4 Å². The molecule has 0 saturated carbocycles. The van der Waals surface area contributed by atoms with E-state index in [0.29, 0.717) is 4.91 Å². The van der Waals surface area contributed by atoms with E-state index in [2.05, 4.69) is 20.1 Å². The Bertz CT molecular complexity index is 788. The van der Waals surface area contributed by atoms with Gasteiger partial charge in [0.1, 0.15) is 0 Å². The zero-order chi connectivity index (χ0) is 15.6. The molecule has 0 aliphatic carbocycles. The topological polar surface area (TPSA) is 61.4 Å². The highest BCUT2D eigenvalue weighted by Crippen LogP contribution is 2.33. The summed E-state index contributed by atoms with van der Waals surface area (Å²) in [5.41, 5.74) is 2.87. The summed E-state index contributed by atoms with van der Waals surface area (Å²) in [6, 6.07) is 9.98. The van der Waals surface area contributed by atoms with E-state index in [1.54, 1.807) is 6.20 Å². The number of amidine groups is 1. The lowest BCUT2D eigenvalue weighted by molar-refractivity contribution is -0.113. The molecule has 0 unspecified atom stereocenters. The van der Waals surface area contributed by atoms with Crippen molar-refractivity contribution in [2.75, 3.05) is 13.1 Å². The van der Waals surface area contributed by atoms with Crippen LogP contribution in [0.25, 0.3) is 17.3 Å². The van der Waals surface area contributed by atoms with Gasteiger partial charge in [-0.1, -0.05) is 30.3 Å². The number of amides is 1. The van der Waals surface area contributed by atoms with Gasteiger partial charge in [0.05, 0.1) is 16.8 Å². The second-order valence-electron chi connectivity index (χ2n) is 5.57. The number of nitrogens with zero attached hydrogens (tertiary/aromatic N) is 3. The number of hydrogen-bond donors (Lipinski definition) is 1. The third kappa shape index (κ3) is 2.82. The number of benzene rings is 1. The maximum absolute atomic E-state index is 12.2. The largest absolute Gasteiger partial charge is 0.351 e. The number of likely N-dealkylation sites (tertiary alicyclic amines) is 1. The van der Waals surface area contributed by atoms with Crippen molar-refractivity contribution in [1.82, 2.24) is 15.1 Å². The van der Waals surface area contributed by atoms with Crippen molar-refractivity contribution in [2.24, 2.45) is 4.99 Å². The standard InChI is InChI=1S/C17H16N4OS/c22-16-14(23-17(19-16)21-8-4-5-9-21)10-13-11-18-20-15(13)12-6-2-1-3-7-12/h1-3,6-7,10-11H,4-5,8-9H2,(H,18,20). The van der Waals surface area contributed by atoms with Crippen molar-refractivity contribution in [3.8, 4) is 11.3 Å². The predicted molar refractivity (Wildman–Crippen MR) is 92.8 cm³/mol. The molecule has 0 bridgehead atoms. The first kappa shape index (κ1) is 14.3. The van der Waals surface area contributed by atoms with E-state index in [9.17, 15) is 4.79 Å². The molecule has 23 heavy (non-hydrogen) atoms. The van der Waals surface area contributed by atoms with Gasteiger partial charge >= 0.3 is 0 Å². The minimum atomic E-state index is -0.155. The molecule has 2 aromatic rings. The summed E-state index contributed by atoms with van der Waals surface area (Å²) >= 11 is 1.46. The first-order valence-electron chi connectivity index (χ1n) is 7.67. The molecule has 2 aliphatic heterocycles. The molecule has 0 atom stereocenters. The predicted octanol–water partition coefficient (Wildman–Crippen LogP) is 3.14. The molecule has 4 rings (SSSR count). The fraction of sp³-hybridized carbons (Fsp3) is 0.235. The van der Waals surface area contributed by atoms with Crippen LogP contribution in [0.15, 0.2) is 46.4 Å². The van der Waals surface area contributed by atoms with E-state index in [4.69, 9.17) is 0 Å². The van der Waals surface area contributed by atoms with Crippen LogP contribution in [0.5, 0.6) is 0 Å². The van der Waals surface area contributed by atoms with Crippen LogP contribution in [0.3, 0.4) is 0 Å². The van der Waals surface area contributed by atoms with Crippen LogP contribution in [-0.4, -0.2) is 39.3 Å². The van der Waals surface area contributed by atoms with Crippen molar-refractivity contribution in [3.63, 3.8) is 0 Å². The highest BCUT2D eigenvalue weighted by atomic mass is 32.2. The van der Waals surface area contributed by atoms with Crippen LogP contribution in [-0.2, 0) is 4.79 Å². The van der Waals surface area contributed by atoms with Gasteiger partial charge in [0.15, 0.2) is 5.17 Å². The molecule has 5 nitrogen and oxygen atoms in total. The fourth-order valence-electron chi connectivity index (χ4n) is 2.82. The van der Waals surface area contributed by atoms with E-state index < -0.39 is 0 Å². The minimum absolute atomic E-state index is 0.155. The number of aromatic amines is 1. The van der Waals surface area contributed by atoms with Gasteiger partial charge in [-0.2, -0.15) is 10.1 Å². The summed E-state index contributed by atoms with van der Waals surface area (Å²) in [5.74, 6) is -0.155. The Kier molecular flexibility index (Phi) is 3.75. The molecule has 1 aromatic carbocycles. The summed E-state index contributed by atoms with van der Waals surface area (Å²) in [4.78, 5) is 19.2. The summed E-state index contributed by atoms with van der Waals surface area (Å²) in [6.07, 6.45) is 5.97. The highest BCUT2D eigenvalue weighted by Gasteiger charge is 2.27. The summed E-state index contributed by atoms with van der Waals surface area (Å²) in [7, 11) is 0. The second kappa shape index (κ2) is 6.04. The molecule has 6 heteroatoms. The van der Waals surface area contributed by atoms with Gasteiger partial charge in [-0.25, -0.2) is 0 Å². The van der Waals surface area contributed by atoms with Crippen molar-refractivity contribution in [1.29, 1.82) is 0 Å². The van der Waals surface area contributed by atoms with E-state index >= 15 is 0 Å². The third-order valence-corrected chi connectivity index (χ3v) is 5.05. The lowest BCUT2D eigenvalue weighted by atomic mass is 10.1. The Morgan fingerprint density at radius 1 is 1.17 bits per heavy atom. The Balaban J connectivity index is 1.60. The highest BCUT2D eigenvalue weighted by molar-refractivity contribution is 8.18. The van der Waals surface area contributed by atoms with E-state index in [1.165, 1.54) is 24.6 Å². The van der Waals surface area contributed by atoms with E-state index in [0.717, 1.165) is 35.1 Å². The van der Waals surface area contributed by atoms with Crippen molar-refractivity contribution < 1.29 is 4.79 Å². The van der Waals surface area contributed by atoms with Crippen molar-refractivity contribution >= 4 is 28.9 Å². The number of rotatable bonds is 2. The quantitative estimate of drug-likeness (QED) is 0.862. The second-order valence-corrected chi connectivity index (χ2v) is 6.58. The monoisotopic (exact) mass is 324 g/mol. The maximum atomic E-state index is 12.2. The van der Waals surface area contributed by atoms with Crippen molar-refractivity contribution in [3.05, 3.63) is 47.0 Å². The zero-order valence-electron chi connectivity index (χ0n) is 12.5. The number of thioether (sulfide) groups is 1. The summed E-state index contributed by atoms with van der Waals surface area (Å²) in [5, 5.41) is 7.97. The van der Waals surface area contributed by atoms with Crippen LogP contribution >= 0.6 is 11.8 Å². The molecule has 0 radical (unpaired) electrons. The van der Waals surface area contributed by atoms with Crippen LogP contribution < -0.4 is 0 Å². The minimum Gasteiger partial charge on any atom is -0.351 e. The maximum Gasteiger partial charge on any atom is 0.286 e. The Morgan fingerprint density at radius 3 is 2.74 bits per heavy atom. The lowest BCUT2D eigenvalue weighted by Crippen LogP contribution is -2.23. The van der Waals surface area contributed by atoms with Crippen LogP contribution in [0.4, 0.5) is 0 Å². The Hall–Kier alpha value is -2.34. The lowest BCUT2D eigenvalue weighted by Gasteiger charge is -2.14. The Labute approximate surface area is 138 Å². The molecule has 0 spiro atoms. The van der Waals surface area contributed by atoms with Gasteiger partial charge in [0.25, 0.3) is 5.91 Å². The van der Waals surface area contributed by atoms with Gasteiger partial charge in [-0.05, 0) is 30.7 Å². The van der Waals surface area contributed by atoms with E-state index in [1.807, 2.05) is 36.4 Å². The third-order valence-electron chi connectivity index (χ3n) is 4.00. The van der Waals surface area contributed by atoms with Crippen molar-refractivity contribution in [2.45, 2.75) is 12.8 Å². The number of aliphatic imine (C=N–C) groups is 1. The number of aromatic nitrogens is 2. The average Bonchev–Trinajstić information content (AvgIpc) is 3.30. The smallest absolute Gasteiger partial charge is 0.286 e. The average molecular weight is 324 g/mol. The fourth-order valence-corrected chi connectivity index (χ4v) is 3.78. The van der Waals surface area contributed by atoms with E-state index in [-0.39, 0.29) is 5.91 Å². The number of hydrogen-bond acceptors (Lipinski definition) is 4. The van der Waals surface area contributed by atoms with Crippen LogP contribution in [0, 0.1) is 0 Å². The molecular formula is C17H16N4OS. The first-order valence-corrected chi connectivity index (χ1v) is 8.49. The van der Waals surface area contributed by atoms with Gasteiger partial charge < -0.3 is 4.90 Å². The molecule has 1 saturated heterocycles. The van der Waals surface area contributed by atoms with Gasteiger partial charge in [-0.15, -0.1) is 0 Å². The van der Waals surface area contributed by atoms with Gasteiger partial charge in [0, 0.05) is 24.2 Å².